The molecule has 1 atom stereocenters. The van der Waals surface area contributed by atoms with Gasteiger partial charge in [0.05, 0.1) is 26.3 Å². The van der Waals surface area contributed by atoms with Gasteiger partial charge in [-0.1, -0.05) is 36.3 Å². The van der Waals surface area contributed by atoms with Crippen LogP contribution in [-0.4, -0.2) is 52.0 Å². The maximum Gasteiger partial charge on any atom is 0.247 e. The summed E-state index contributed by atoms with van der Waals surface area (Å²) < 4.78 is 12.7. The first kappa shape index (κ1) is 25.7. The van der Waals surface area contributed by atoms with Crippen molar-refractivity contribution in [1.29, 1.82) is 0 Å². The molecule has 38 heavy (non-hydrogen) atoms. The average Bonchev–Trinajstić information content (AvgIpc) is 3.72. The monoisotopic (exact) mass is 533 g/mol. The molecule has 2 amide bonds. The van der Waals surface area contributed by atoms with Crippen molar-refractivity contribution < 1.29 is 19.1 Å². The van der Waals surface area contributed by atoms with Crippen molar-refractivity contribution >= 4 is 34.2 Å². The van der Waals surface area contributed by atoms with Gasteiger partial charge >= 0.3 is 0 Å². The Kier molecular flexibility index (Phi) is 7.88. The van der Waals surface area contributed by atoms with Crippen molar-refractivity contribution in [2.75, 3.05) is 14.2 Å². The van der Waals surface area contributed by atoms with Gasteiger partial charge < -0.3 is 19.7 Å². The Labute approximate surface area is 225 Å². The molecule has 1 fully saturated rings. The molecule has 5 rings (SSSR count). The molecule has 9 nitrogen and oxygen atoms in total. The van der Waals surface area contributed by atoms with Crippen molar-refractivity contribution in [3.63, 3.8) is 0 Å². The first-order valence-electron chi connectivity index (χ1n) is 12.7. The third-order valence-electron chi connectivity index (χ3n) is 6.92. The molecule has 0 aliphatic heterocycles. The average molecular weight is 534 g/mol. The summed E-state index contributed by atoms with van der Waals surface area (Å²) in [5.74, 6) is 0.583. The van der Waals surface area contributed by atoms with Crippen LogP contribution in [0, 0.1) is 0 Å². The van der Waals surface area contributed by atoms with Crippen LogP contribution in [0.3, 0.4) is 0 Å². The molecule has 2 aromatic carbocycles. The van der Waals surface area contributed by atoms with Gasteiger partial charge in [0.2, 0.25) is 11.8 Å². The number of aromatic nitrogens is 3. The van der Waals surface area contributed by atoms with Gasteiger partial charge in [0.1, 0.15) is 29.6 Å². The maximum absolute atomic E-state index is 14.1. The number of nitrogens with one attached hydrogen (secondary N) is 1. The number of rotatable bonds is 10. The fourth-order valence-corrected chi connectivity index (χ4v) is 5.70. The Hall–Kier alpha value is -3.92. The van der Waals surface area contributed by atoms with Crippen molar-refractivity contribution in [1.82, 2.24) is 25.2 Å². The smallest absolute Gasteiger partial charge is 0.247 e. The number of para-hydroxylation sites is 1. The largest absolute Gasteiger partial charge is 0.497 e. The summed E-state index contributed by atoms with van der Waals surface area (Å²) in [5.41, 5.74) is 2.02. The molecule has 1 aliphatic carbocycles. The van der Waals surface area contributed by atoms with E-state index in [4.69, 9.17) is 9.47 Å². The third-order valence-corrected chi connectivity index (χ3v) is 7.79. The molecule has 198 valence electrons. The van der Waals surface area contributed by atoms with E-state index in [1.165, 1.54) is 11.3 Å². The standard InChI is InChI=1S/C28H31N5O4S/c1-36-20-13-14-25(37-2)22(16-20)27(28(35)29-19-8-3-4-9-19)32(17-21-10-7-15-38-21)26(34)18-33-24-12-6-5-11-23(24)30-31-33/h5-7,10-16,19,27H,3-4,8-9,17-18H2,1-2H3,(H,29,35)/t27-/m1/s1. The number of carbonyl (C=O) groups is 2. The van der Waals surface area contributed by atoms with Crippen LogP contribution in [0.5, 0.6) is 11.5 Å². The molecule has 4 aromatic rings. The lowest BCUT2D eigenvalue weighted by Gasteiger charge is -2.33. The van der Waals surface area contributed by atoms with E-state index in [2.05, 4.69) is 15.6 Å². The van der Waals surface area contributed by atoms with Crippen molar-refractivity contribution in [2.24, 2.45) is 0 Å². The van der Waals surface area contributed by atoms with Crippen LogP contribution in [0.25, 0.3) is 11.0 Å². The summed E-state index contributed by atoms with van der Waals surface area (Å²) in [6.45, 7) is 0.192. The van der Waals surface area contributed by atoms with Gasteiger partial charge in [-0.2, -0.15) is 0 Å². The molecule has 0 radical (unpaired) electrons. The highest BCUT2D eigenvalue weighted by Gasteiger charge is 2.36. The maximum atomic E-state index is 14.1. The number of fused-ring (bicyclic) bond motifs is 1. The van der Waals surface area contributed by atoms with Gasteiger partial charge in [0.25, 0.3) is 0 Å². The first-order valence-corrected chi connectivity index (χ1v) is 13.6. The summed E-state index contributed by atoms with van der Waals surface area (Å²) >= 11 is 1.54. The molecular weight excluding hydrogens is 502 g/mol. The zero-order valence-electron chi connectivity index (χ0n) is 21.5. The lowest BCUT2D eigenvalue weighted by Crippen LogP contribution is -2.46. The zero-order chi connectivity index (χ0) is 26.5. The zero-order valence-corrected chi connectivity index (χ0v) is 22.3. The molecule has 1 saturated carbocycles. The number of methoxy groups -OCH3 is 2. The molecule has 0 spiro atoms. The van der Waals surface area contributed by atoms with E-state index in [-0.39, 0.29) is 30.9 Å². The van der Waals surface area contributed by atoms with Crippen LogP contribution in [0.1, 0.15) is 42.2 Å². The second-order valence-corrected chi connectivity index (χ2v) is 10.4. The summed E-state index contributed by atoms with van der Waals surface area (Å²) in [5, 5.41) is 13.6. The number of amides is 2. The third kappa shape index (κ3) is 5.50. The van der Waals surface area contributed by atoms with Crippen LogP contribution in [0.15, 0.2) is 60.0 Å². The van der Waals surface area contributed by atoms with Crippen LogP contribution < -0.4 is 14.8 Å². The molecule has 2 heterocycles. The number of ether oxygens (including phenoxy) is 2. The molecule has 0 saturated heterocycles. The number of hydrogen-bond donors (Lipinski definition) is 1. The number of thiophene rings is 1. The highest BCUT2D eigenvalue weighted by Crippen LogP contribution is 2.35. The molecule has 1 N–H and O–H groups in total. The Morgan fingerprint density at radius 1 is 1.11 bits per heavy atom. The Morgan fingerprint density at radius 3 is 2.66 bits per heavy atom. The fourth-order valence-electron chi connectivity index (χ4n) is 5.00. The predicted molar refractivity (Wildman–Crippen MR) is 145 cm³/mol. The van der Waals surface area contributed by atoms with Crippen LogP contribution in [0.2, 0.25) is 0 Å². The SMILES string of the molecule is COc1ccc(OC)c([C@H](C(=O)NC2CCCC2)N(Cc2cccs2)C(=O)Cn2nnc3ccccc32)c1. The van der Waals surface area contributed by atoms with Gasteiger partial charge in [0, 0.05) is 16.5 Å². The fraction of sp³-hybridized carbons (Fsp3) is 0.357. The summed E-state index contributed by atoms with van der Waals surface area (Å²) in [7, 11) is 3.13. The predicted octanol–water partition coefficient (Wildman–Crippen LogP) is 4.34. The Bertz CT molecular complexity index is 1400. The lowest BCUT2D eigenvalue weighted by molar-refractivity contribution is -0.142. The van der Waals surface area contributed by atoms with E-state index in [1.54, 1.807) is 42.0 Å². The van der Waals surface area contributed by atoms with Crippen LogP contribution >= 0.6 is 11.3 Å². The van der Waals surface area contributed by atoms with E-state index in [1.807, 2.05) is 41.8 Å². The second-order valence-electron chi connectivity index (χ2n) is 9.34. The molecular formula is C28H31N5O4S. The van der Waals surface area contributed by atoms with E-state index in [0.29, 0.717) is 22.6 Å². The molecule has 1 aliphatic rings. The van der Waals surface area contributed by atoms with Gasteiger partial charge in [0.15, 0.2) is 0 Å². The summed E-state index contributed by atoms with van der Waals surface area (Å²) in [6.07, 6.45) is 4.01. The van der Waals surface area contributed by atoms with Crippen LogP contribution in [-0.2, 0) is 22.7 Å². The highest BCUT2D eigenvalue weighted by molar-refractivity contribution is 7.09. The summed E-state index contributed by atoms with van der Waals surface area (Å²) in [6, 6.07) is 15.9. The molecule has 2 aromatic heterocycles. The van der Waals surface area contributed by atoms with Gasteiger partial charge in [-0.25, -0.2) is 4.68 Å². The van der Waals surface area contributed by atoms with Gasteiger partial charge in [-0.15, -0.1) is 16.4 Å². The molecule has 0 unspecified atom stereocenters. The van der Waals surface area contributed by atoms with Gasteiger partial charge in [-0.05, 0) is 54.6 Å². The van der Waals surface area contributed by atoms with E-state index in [0.717, 1.165) is 36.1 Å². The Balaban J connectivity index is 1.57. The minimum atomic E-state index is -0.940. The topological polar surface area (TPSA) is 98.6 Å². The first-order chi connectivity index (χ1) is 18.6. The minimum absolute atomic E-state index is 0.0641. The van der Waals surface area contributed by atoms with E-state index < -0.39 is 6.04 Å². The highest BCUT2D eigenvalue weighted by atomic mass is 32.1. The van der Waals surface area contributed by atoms with Crippen molar-refractivity contribution in [2.45, 2.75) is 50.9 Å². The molecule has 10 heteroatoms. The number of hydrogen-bond acceptors (Lipinski definition) is 7. The van der Waals surface area contributed by atoms with Crippen molar-refractivity contribution in [3.05, 3.63) is 70.4 Å². The molecule has 0 bridgehead atoms. The minimum Gasteiger partial charge on any atom is -0.497 e. The van der Waals surface area contributed by atoms with Gasteiger partial charge in [-0.3, -0.25) is 9.59 Å². The van der Waals surface area contributed by atoms with Crippen LogP contribution in [0.4, 0.5) is 0 Å². The van der Waals surface area contributed by atoms with E-state index >= 15 is 0 Å². The lowest BCUT2D eigenvalue weighted by atomic mass is 10.0. The quantitative estimate of drug-likeness (QED) is 0.326. The van der Waals surface area contributed by atoms with E-state index in [9.17, 15) is 9.59 Å². The summed E-state index contributed by atoms with van der Waals surface area (Å²) in [4.78, 5) is 30.7. The number of nitrogens with zero attached hydrogens (tertiary/aromatic N) is 4. The van der Waals surface area contributed by atoms with Crippen molar-refractivity contribution in [3.8, 4) is 11.5 Å². The normalized spacial score (nSPS) is 14.4. The number of benzene rings is 2. The number of carbonyl (C=O) groups excluding carboxylic acids is 2. The second kappa shape index (κ2) is 11.6. The Morgan fingerprint density at radius 2 is 1.92 bits per heavy atom.